The van der Waals surface area contributed by atoms with Crippen molar-refractivity contribution < 1.29 is 4.79 Å². The van der Waals surface area contributed by atoms with Gasteiger partial charge < -0.3 is 10.2 Å². The van der Waals surface area contributed by atoms with Crippen LogP contribution < -0.4 is 11.0 Å². The number of fused-ring (bicyclic) bond motifs is 1. The summed E-state index contributed by atoms with van der Waals surface area (Å²) in [6.07, 6.45) is 3.17. The number of carbonyl (C=O) groups excluding carboxylic acids is 1. The molecule has 1 aliphatic rings. The molecule has 24 heavy (non-hydrogen) atoms. The maximum Gasteiger partial charge on any atom is 0.334 e. The molecule has 0 radical (unpaired) electrons. The predicted octanol–water partition coefficient (Wildman–Crippen LogP) is -0.438. The van der Waals surface area contributed by atoms with Gasteiger partial charge in [-0.1, -0.05) is 0 Å². The van der Waals surface area contributed by atoms with Crippen LogP contribution in [0.5, 0.6) is 0 Å². The molecule has 3 aromatic rings. The van der Waals surface area contributed by atoms with E-state index in [1.54, 1.807) is 30.2 Å². The summed E-state index contributed by atoms with van der Waals surface area (Å²) in [4.78, 5) is 33.6. The number of nitrogens with zero attached hydrogens (tertiary/aromatic N) is 5. The first kappa shape index (κ1) is 14.6. The number of aromatic amines is 1. The molecule has 0 spiro atoms. The van der Waals surface area contributed by atoms with E-state index in [1.807, 2.05) is 0 Å². The summed E-state index contributed by atoms with van der Waals surface area (Å²) < 4.78 is 2.90. The summed E-state index contributed by atoms with van der Waals surface area (Å²) in [6.45, 7) is 4.73. The lowest BCUT2D eigenvalue weighted by atomic mass is 10.2. The number of H-pyrrole nitrogens is 1. The van der Waals surface area contributed by atoms with Gasteiger partial charge in [0.05, 0.1) is 17.5 Å². The minimum atomic E-state index is -0.301. The van der Waals surface area contributed by atoms with E-state index in [0.29, 0.717) is 35.9 Å². The van der Waals surface area contributed by atoms with Crippen molar-refractivity contribution >= 4 is 11.6 Å². The van der Waals surface area contributed by atoms with Crippen LogP contribution in [0.15, 0.2) is 29.3 Å². The average molecular weight is 327 g/mol. The molecular formula is C15H17N7O2. The third kappa shape index (κ3) is 2.29. The number of piperazine rings is 1. The Kier molecular flexibility index (Phi) is 3.42. The fourth-order valence-corrected chi connectivity index (χ4v) is 2.90. The van der Waals surface area contributed by atoms with E-state index in [2.05, 4.69) is 20.4 Å². The summed E-state index contributed by atoms with van der Waals surface area (Å²) in [5.74, 6) is 0.245. The lowest BCUT2D eigenvalue weighted by molar-refractivity contribution is 0.0735. The van der Waals surface area contributed by atoms with Crippen LogP contribution in [0, 0.1) is 6.92 Å². The van der Waals surface area contributed by atoms with Gasteiger partial charge >= 0.3 is 5.69 Å². The van der Waals surface area contributed by atoms with Gasteiger partial charge in [0.25, 0.3) is 5.91 Å². The Bertz CT molecular complexity index is 962. The molecule has 1 aliphatic heterocycles. The monoisotopic (exact) mass is 327 g/mol. The Labute approximate surface area is 136 Å². The zero-order chi connectivity index (χ0) is 16.7. The van der Waals surface area contributed by atoms with E-state index in [4.69, 9.17) is 0 Å². The van der Waals surface area contributed by atoms with Crippen LogP contribution in [0.4, 0.5) is 0 Å². The summed E-state index contributed by atoms with van der Waals surface area (Å²) in [7, 11) is 0. The first-order valence-electron chi connectivity index (χ1n) is 7.77. The Morgan fingerprint density at radius 1 is 1.29 bits per heavy atom. The number of hydrogen-bond acceptors (Lipinski definition) is 5. The van der Waals surface area contributed by atoms with Gasteiger partial charge in [-0.2, -0.15) is 10.1 Å². The van der Waals surface area contributed by atoms with Crippen LogP contribution in [-0.2, 0) is 0 Å². The summed E-state index contributed by atoms with van der Waals surface area (Å²) in [5.41, 5.74) is 1.40. The Morgan fingerprint density at radius 2 is 2.08 bits per heavy atom. The largest absolute Gasteiger partial charge is 0.336 e. The number of carbonyl (C=O) groups is 1. The first-order valence-corrected chi connectivity index (χ1v) is 7.77. The fourth-order valence-electron chi connectivity index (χ4n) is 2.90. The number of amides is 1. The van der Waals surface area contributed by atoms with Crippen LogP contribution in [0.2, 0.25) is 0 Å². The van der Waals surface area contributed by atoms with Gasteiger partial charge in [0.2, 0.25) is 5.95 Å². The molecule has 0 unspecified atom stereocenters. The van der Waals surface area contributed by atoms with Gasteiger partial charge in [-0.05, 0) is 19.1 Å². The van der Waals surface area contributed by atoms with Crippen molar-refractivity contribution in [3.8, 4) is 5.95 Å². The van der Waals surface area contributed by atoms with Crippen LogP contribution >= 0.6 is 0 Å². The van der Waals surface area contributed by atoms with E-state index in [9.17, 15) is 9.59 Å². The van der Waals surface area contributed by atoms with Crippen LogP contribution in [0.3, 0.4) is 0 Å². The molecule has 2 N–H and O–H groups in total. The van der Waals surface area contributed by atoms with Crippen LogP contribution in [-0.4, -0.2) is 61.1 Å². The molecule has 1 fully saturated rings. The molecule has 4 rings (SSSR count). The second-order valence-electron chi connectivity index (χ2n) is 5.70. The van der Waals surface area contributed by atoms with Crippen molar-refractivity contribution in [3.63, 3.8) is 0 Å². The van der Waals surface area contributed by atoms with Gasteiger partial charge in [-0.15, -0.1) is 0 Å². The van der Waals surface area contributed by atoms with Crippen molar-refractivity contribution in [1.29, 1.82) is 0 Å². The molecule has 9 heteroatoms. The molecule has 0 aliphatic carbocycles. The molecule has 4 heterocycles. The fraction of sp³-hybridized carbons (Fsp3) is 0.333. The first-order chi connectivity index (χ1) is 11.6. The molecule has 0 aromatic carbocycles. The van der Waals surface area contributed by atoms with Crippen molar-refractivity contribution in [2.24, 2.45) is 0 Å². The number of rotatable bonds is 2. The molecule has 1 saturated heterocycles. The lowest BCUT2D eigenvalue weighted by Crippen LogP contribution is -2.46. The van der Waals surface area contributed by atoms with E-state index < -0.39 is 0 Å². The summed E-state index contributed by atoms with van der Waals surface area (Å²) in [6, 6.07) is 3.49. The third-order valence-electron chi connectivity index (χ3n) is 4.23. The van der Waals surface area contributed by atoms with E-state index in [-0.39, 0.29) is 11.6 Å². The second kappa shape index (κ2) is 5.60. The molecular weight excluding hydrogens is 310 g/mol. The number of hydrogen-bond donors (Lipinski definition) is 2. The second-order valence-corrected chi connectivity index (χ2v) is 5.70. The lowest BCUT2D eigenvalue weighted by Gasteiger charge is -2.27. The topological polar surface area (TPSA) is 100 Å². The Morgan fingerprint density at radius 3 is 2.88 bits per heavy atom. The predicted molar refractivity (Wildman–Crippen MR) is 86.4 cm³/mol. The van der Waals surface area contributed by atoms with Crippen molar-refractivity contribution in [1.82, 2.24) is 34.4 Å². The minimum absolute atomic E-state index is 0.0497. The molecule has 124 valence electrons. The average Bonchev–Trinajstić information content (AvgIpc) is 3.21. The highest BCUT2D eigenvalue weighted by atomic mass is 16.2. The van der Waals surface area contributed by atoms with E-state index in [0.717, 1.165) is 13.1 Å². The maximum absolute atomic E-state index is 12.7. The molecule has 0 atom stereocenters. The minimum Gasteiger partial charge on any atom is -0.336 e. The Balaban J connectivity index is 1.73. The maximum atomic E-state index is 12.7. The quantitative estimate of drug-likeness (QED) is 0.665. The van der Waals surface area contributed by atoms with E-state index >= 15 is 0 Å². The van der Waals surface area contributed by atoms with E-state index in [1.165, 1.54) is 15.3 Å². The van der Waals surface area contributed by atoms with Crippen LogP contribution in [0.25, 0.3) is 11.6 Å². The Hall–Kier alpha value is -2.94. The SMILES string of the molecule is Cc1c(C(=O)N2CCNCC2)cnn1-c1nc2cccn2c(=O)[nH]1. The highest BCUT2D eigenvalue weighted by molar-refractivity contribution is 5.95. The number of aromatic nitrogens is 5. The molecule has 0 bridgehead atoms. The smallest absolute Gasteiger partial charge is 0.334 e. The molecule has 3 aromatic heterocycles. The zero-order valence-electron chi connectivity index (χ0n) is 13.2. The van der Waals surface area contributed by atoms with Crippen molar-refractivity contribution in [2.45, 2.75) is 6.92 Å². The zero-order valence-corrected chi connectivity index (χ0v) is 13.2. The van der Waals surface area contributed by atoms with Crippen molar-refractivity contribution in [3.05, 3.63) is 46.3 Å². The highest BCUT2D eigenvalue weighted by Gasteiger charge is 2.23. The molecule has 9 nitrogen and oxygen atoms in total. The van der Waals surface area contributed by atoms with Gasteiger partial charge in [0.1, 0.15) is 5.65 Å². The van der Waals surface area contributed by atoms with Crippen molar-refractivity contribution in [2.75, 3.05) is 26.2 Å². The molecule has 1 amide bonds. The number of nitrogens with one attached hydrogen (secondary N) is 2. The normalized spacial score (nSPS) is 15.1. The van der Waals surface area contributed by atoms with Gasteiger partial charge in [0, 0.05) is 32.4 Å². The summed E-state index contributed by atoms with van der Waals surface area (Å²) >= 11 is 0. The van der Waals surface area contributed by atoms with Crippen LogP contribution in [0.1, 0.15) is 16.1 Å². The van der Waals surface area contributed by atoms with Gasteiger partial charge in [0.15, 0.2) is 0 Å². The standard InChI is InChI=1S/C15H17N7O2/c1-10-11(13(23)20-7-4-16-5-8-20)9-17-22(10)14-18-12-3-2-6-21(12)15(24)19-14/h2-3,6,9,16H,4-5,7-8H2,1H3,(H,18,19,24). The molecule has 0 saturated carbocycles. The third-order valence-corrected chi connectivity index (χ3v) is 4.23. The summed E-state index contributed by atoms with van der Waals surface area (Å²) in [5, 5.41) is 7.47. The highest BCUT2D eigenvalue weighted by Crippen LogP contribution is 2.14. The van der Waals surface area contributed by atoms with Gasteiger partial charge in [-0.25, -0.2) is 9.48 Å². The van der Waals surface area contributed by atoms with Gasteiger partial charge in [-0.3, -0.25) is 14.2 Å².